The number of unbranched alkanes of at least 4 members (excludes halogenated alkanes) is 13. The van der Waals surface area contributed by atoms with Gasteiger partial charge in [0.15, 0.2) is 0 Å². The van der Waals surface area contributed by atoms with Crippen LogP contribution in [0.1, 0.15) is 124 Å². The summed E-state index contributed by atoms with van der Waals surface area (Å²) in [4.78, 5) is 2.25. The van der Waals surface area contributed by atoms with Gasteiger partial charge >= 0.3 is 0 Å². The lowest BCUT2D eigenvalue weighted by Gasteiger charge is -2.26. The summed E-state index contributed by atoms with van der Waals surface area (Å²) in [6, 6.07) is 0. The predicted molar refractivity (Wildman–Crippen MR) is 119 cm³/mol. The third-order valence-electron chi connectivity index (χ3n) is 5.71. The van der Waals surface area contributed by atoms with E-state index in [4.69, 9.17) is 0 Å². The maximum Gasteiger partial charge on any atom is 0.0664 e. The van der Waals surface area contributed by atoms with Gasteiger partial charge in [-0.15, -0.1) is 0 Å². The van der Waals surface area contributed by atoms with Gasteiger partial charge in [-0.2, -0.15) is 0 Å². The summed E-state index contributed by atoms with van der Waals surface area (Å²) in [5, 5.41) is 19.8. The van der Waals surface area contributed by atoms with E-state index in [0.29, 0.717) is 13.1 Å². The summed E-state index contributed by atoms with van der Waals surface area (Å²) in [5.41, 5.74) is 0. The first-order chi connectivity index (χ1) is 13.1. The molecule has 0 bridgehead atoms. The molecule has 3 nitrogen and oxygen atoms in total. The summed E-state index contributed by atoms with van der Waals surface area (Å²) in [7, 11) is 0. The van der Waals surface area contributed by atoms with E-state index in [1.165, 1.54) is 89.9 Å². The average Bonchev–Trinajstić information content (AvgIpc) is 2.67. The summed E-state index contributed by atoms with van der Waals surface area (Å²) in [6.07, 6.45) is 20.4. The van der Waals surface area contributed by atoms with Gasteiger partial charge in [-0.3, -0.25) is 4.90 Å². The zero-order valence-electron chi connectivity index (χ0n) is 18.9. The molecule has 0 radical (unpaired) electrons. The Labute approximate surface area is 170 Å². The normalized spacial score (nSPS) is 14.0. The quantitative estimate of drug-likeness (QED) is 0.227. The van der Waals surface area contributed by atoms with Crippen molar-refractivity contribution in [2.75, 3.05) is 19.6 Å². The lowest BCUT2D eigenvalue weighted by molar-refractivity contribution is 0.0654. The largest absolute Gasteiger partial charge is 0.392 e. The molecule has 3 heteroatoms. The van der Waals surface area contributed by atoms with Crippen LogP contribution in [-0.2, 0) is 0 Å². The van der Waals surface area contributed by atoms with Crippen LogP contribution in [0.3, 0.4) is 0 Å². The van der Waals surface area contributed by atoms with Crippen molar-refractivity contribution in [1.82, 2.24) is 4.90 Å². The molecule has 0 heterocycles. The fourth-order valence-electron chi connectivity index (χ4n) is 3.64. The van der Waals surface area contributed by atoms with Crippen LogP contribution in [0, 0.1) is 0 Å². The van der Waals surface area contributed by atoms with Crippen molar-refractivity contribution in [2.45, 2.75) is 136 Å². The first-order valence-electron chi connectivity index (χ1n) is 12.2. The van der Waals surface area contributed by atoms with E-state index in [1.807, 2.05) is 13.8 Å². The molecule has 0 rings (SSSR count). The van der Waals surface area contributed by atoms with Crippen LogP contribution in [0.15, 0.2) is 0 Å². The number of hydrogen-bond donors (Lipinski definition) is 2. The van der Waals surface area contributed by atoms with E-state index < -0.39 is 0 Å². The van der Waals surface area contributed by atoms with Gasteiger partial charge in [-0.05, 0) is 25.8 Å². The molecule has 164 valence electrons. The number of hydrogen-bond acceptors (Lipinski definition) is 3. The van der Waals surface area contributed by atoms with Gasteiger partial charge in [0.2, 0.25) is 0 Å². The lowest BCUT2D eigenvalue weighted by Crippen LogP contribution is -2.38. The van der Waals surface area contributed by atoms with Crippen molar-refractivity contribution in [3.8, 4) is 0 Å². The number of nitrogens with zero attached hydrogens (tertiary/aromatic N) is 1. The first kappa shape index (κ1) is 26.9. The SMILES string of the molecule is CCCCCCCCCCCCCCCCN(CC(O)CC)CC(O)CC. The maximum atomic E-state index is 9.91. The average molecular weight is 386 g/mol. The van der Waals surface area contributed by atoms with Crippen LogP contribution in [0.4, 0.5) is 0 Å². The molecular formula is C24H51NO2. The second-order valence-electron chi connectivity index (χ2n) is 8.48. The molecule has 0 aromatic rings. The van der Waals surface area contributed by atoms with Gasteiger partial charge in [-0.25, -0.2) is 0 Å². The molecule has 2 N–H and O–H groups in total. The van der Waals surface area contributed by atoms with E-state index in [9.17, 15) is 10.2 Å². The molecule has 0 aromatic heterocycles. The van der Waals surface area contributed by atoms with Crippen molar-refractivity contribution < 1.29 is 10.2 Å². The van der Waals surface area contributed by atoms with Crippen molar-refractivity contribution in [3.63, 3.8) is 0 Å². The van der Waals surface area contributed by atoms with Crippen LogP contribution in [-0.4, -0.2) is 47.0 Å². The molecule has 0 aliphatic rings. The number of aliphatic hydroxyl groups is 2. The van der Waals surface area contributed by atoms with E-state index in [2.05, 4.69) is 11.8 Å². The van der Waals surface area contributed by atoms with Gasteiger partial charge in [0.1, 0.15) is 0 Å². The molecule has 0 aromatic carbocycles. The van der Waals surface area contributed by atoms with E-state index >= 15 is 0 Å². The Morgan fingerprint density at radius 1 is 0.519 bits per heavy atom. The molecule has 2 atom stereocenters. The first-order valence-corrected chi connectivity index (χ1v) is 12.2. The Balaban J connectivity index is 3.50. The van der Waals surface area contributed by atoms with Crippen LogP contribution in [0.5, 0.6) is 0 Å². The lowest BCUT2D eigenvalue weighted by atomic mass is 10.0. The highest BCUT2D eigenvalue weighted by molar-refractivity contribution is 4.68. The molecule has 0 saturated carbocycles. The van der Waals surface area contributed by atoms with Crippen molar-refractivity contribution in [2.24, 2.45) is 0 Å². The highest BCUT2D eigenvalue weighted by Gasteiger charge is 2.13. The number of aliphatic hydroxyl groups excluding tert-OH is 2. The molecule has 27 heavy (non-hydrogen) atoms. The Morgan fingerprint density at radius 3 is 1.19 bits per heavy atom. The van der Waals surface area contributed by atoms with Crippen LogP contribution >= 0.6 is 0 Å². The van der Waals surface area contributed by atoms with Gasteiger partial charge in [0.25, 0.3) is 0 Å². The minimum atomic E-state index is -0.263. The Morgan fingerprint density at radius 2 is 0.852 bits per heavy atom. The molecule has 0 amide bonds. The maximum absolute atomic E-state index is 9.91. The molecule has 0 fully saturated rings. The Hall–Kier alpha value is -0.120. The number of rotatable bonds is 21. The third-order valence-corrected chi connectivity index (χ3v) is 5.71. The zero-order valence-corrected chi connectivity index (χ0v) is 18.9. The van der Waals surface area contributed by atoms with E-state index in [-0.39, 0.29) is 12.2 Å². The standard InChI is InChI=1S/C24H51NO2/c1-4-7-8-9-10-11-12-13-14-15-16-17-18-19-20-25(21-23(26)5-2)22-24(27)6-3/h23-24,26-27H,4-22H2,1-3H3. The highest BCUT2D eigenvalue weighted by Crippen LogP contribution is 2.13. The van der Waals surface area contributed by atoms with Gasteiger partial charge in [-0.1, -0.05) is 104 Å². The highest BCUT2D eigenvalue weighted by atomic mass is 16.3. The van der Waals surface area contributed by atoms with Crippen LogP contribution in [0.25, 0.3) is 0 Å². The van der Waals surface area contributed by atoms with Crippen molar-refractivity contribution in [3.05, 3.63) is 0 Å². The van der Waals surface area contributed by atoms with Crippen molar-refractivity contribution >= 4 is 0 Å². The molecule has 0 saturated heterocycles. The monoisotopic (exact) mass is 385 g/mol. The topological polar surface area (TPSA) is 43.7 Å². The predicted octanol–water partition coefficient (Wildman–Crippen LogP) is 6.31. The van der Waals surface area contributed by atoms with Gasteiger partial charge in [0, 0.05) is 13.1 Å². The second kappa shape index (κ2) is 20.6. The van der Waals surface area contributed by atoms with Crippen LogP contribution < -0.4 is 0 Å². The van der Waals surface area contributed by atoms with E-state index in [0.717, 1.165) is 19.4 Å². The minimum Gasteiger partial charge on any atom is -0.392 e. The third kappa shape index (κ3) is 19.0. The second-order valence-corrected chi connectivity index (χ2v) is 8.48. The Bertz CT molecular complexity index is 274. The molecule has 0 aliphatic heterocycles. The fourth-order valence-corrected chi connectivity index (χ4v) is 3.64. The summed E-state index contributed by atoms with van der Waals surface area (Å²) < 4.78 is 0. The molecular weight excluding hydrogens is 334 g/mol. The van der Waals surface area contributed by atoms with Gasteiger partial charge < -0.3 is 10.2 Å². The fraction of sp³-hybridized carbons (Fsp3) is 1.00. The van der Waals surface area contributed by atoms with Crippen LogP contribution in [0.2, 0.25) is 0 Å². The minimum absolute atomic E-state index is 0.263. The van der Waals surface area contributed by atoms with Crippen molar-refractivity contribution in [1.29, 1.82) is 0 Å². The summed E-state index contributed by atoms with van der Waals surface area (Å²) in [5.74, 6) is 0. The van der Waals surface area contributed by atoms with Gasteiger partial charge in [0.05, 0.1) is 12.2 Å². The van der Waals surface area contributed by atoms with E-state index in [1.54, 1.807) is 0 Å². The summed E-state index contributed by atoms with van der Waals surface area (Å²) >= 11 is 0. The smallest absolute Gasteiger partial charge is 0.0664 e. The zero-order chi connectivity index (χ0) is 20.2. The Kier molecular flexibility index (Phi) is 20.5. The molecule has 0 spiro atoms. The molecule has 2 unspecified atom stereocenters. The molecule has 0 aliphatic carbocycles. The summed E-state index contributed by atoms with van der Waals surface area (Å²) in [6.45, 7) is 8.73.